The summed E-state index contributed by atoms with van der Waals surface area (Å²) in [7, 11) is 1.67. The number of benzene rings is 1. The maximum absolute atomic E-state index is 12.4. The van der Waals surface area contributed by atoms with Crippen molar-refractivity contribution in [2.45, 2.75) is 24.9 Å². The number of hydrogen-bond acceptors (Lipinski definition) is 6. The van der Waals surface area contributed by atoms with Gasteiger partial charge in [0.1, 0.15) is 11.6 Å². The van der Waals surface area contributed by atoms with E-state index in [2.05, 4.69) is 15.2 Å². The van der Waals surface area contributed by atoms with Crippen LogP contribution < -0.4 is 9.64 Å². The number of nitrogens with one attached hydrogen (secondary N) is 1. The van der Waals surface area contributed by atoms with Crippen molar-refractivity contribution in [1.82, 2.24) is 15.2 Å². The van der Waals surface area contributed by atoms with E-state index in [4.69, 9.17) is 4.74 Å². The van der Waals surface area contributed by atoms with E-state index in [0.717, 1.165) is 5.82 Å². The van der Waals surface area contributed by atoms with Crippen LogP contribution in [0.3, 0.4) is 0 Å². The topological polar surface area (TPSA) is 88.2 Å². The number of likely N-dealkylation sites (N-methyl/N-ethyl adjacent to an activating group) is 1. The predicted octanol–water partition coefficient (Wildman–Crippen LogP) is 2.26. The highest BCUT2D eigenvalue weighted by Crippen LogP contribution is 2.32. The van der Waals surface area contributed by atoms with Crippen molar-refractivity contribution in [1.29, 1.82) is 0 Å². The molecule has 8 heteroatoms. The summed E-state index contributed by atoms with van der Waals surface area (Å²) in [5.74, 6) is 1.71. The van der Waals surface area contributed by atoms with Crippen LogP contribution in [-0.4, -0.2) is 46.3 Å². The quantitative estimate of drug-likeness (QED) is 0.660. The van der Waals surface area contributed by atoms with Crippen LogP contribution in [-0.2, 0) is 4.79 Å². The second-order valence-electron chi connectivity index (χ2n) is 5.79. The van der Waals surface area contributed by atoms with Crippen LogP contribution in [0.2, 0.25) is 0 Å². The summed E-state index contributed by atoms with van der Waals surface area (Å²) in [6.45, 7) is 4.07. The SMILES string of the molecule is CC(C)c1nc(SCC(=O)c2ccc3c(c2)N(C)C(=O)CO3)n[nH]1. The molecule has 0 radical (unpaired) electrons. The lowest BCUT2D eigenvalue weighted by atomic mass is 10.1. The molecule has 1 aromatic carbocycles. The maximum atomic E-state index is 12.4. The van der Waals surface area contributed by atoms with Gasteiger partial charge in [-0.3, -0.25) is 14.7 Å². The first-order chi connectivity index (χ1) is 11.5. The third kappa shape index (κ3) is 3.28. The Morgan fingerprint density at radius 1 is 1.46 bits per heavy atom. The second-order valence-corrected chi connectivity index (χ2v) is 6.74. The van der Waals surface area contributed by atoms with Crippen molar-refractivity contribution in [3.63, 3.8) is 0 Å². The third-order valence-corrected chi connectivity index (χ3v) is 4.58. The normalized spacial score (nSPS) is 13.8. The summed E-state index contributed by atoms with van der Waals surface area (Å²) >= 11 is 1.29. The number of H-pyrrole nitrogens is 1. The number of ether oxygens (including phenoxy) is 1. The van der Waals surface area contributed by atoms with Gasteiger partial charge in [0.2, 0.25) is 5.16 Å². The Bertz CT molecular complexity index is 787. The van der Waals surface area contributed by atoms with E-state index in [1.807, 2.05) is 13.8 Å². The monoisotopic (exact) mass is 346 g/mol. The number of nitrogens with zero attached hydrogens (tertiary/aromatic N) is 3. The van der Waals surface area contributed by atoms with E-state index in [1.165, 1.54) is 16.7 Å². The van der Waals surface area contributed by atoms with Crippen molar-refractivity contribution >= 4 is 29.1 Å². The van der Waals surface area contributed by atoms with Crippen molar-refractivity contribution in [3.8, 4) is 5.75 Å². The Morgan fingerprint density at radius 3 is 2.96 bits per heavy atom. The van der Waals surface area contributed by atoms with Gasteiger partial charge in [0, 0.05) is 18.5 Å². The molecule has 0 aliphatic carbocycles. The Labute approximate surface area is 143 Å². The number of carbonyl (C=O) groups is 2. The number of hydrogen-bond donors (Lipinski definition) is 1. The van der Waals surface area contributed by atoms with Crippen LogP contribution in [0.15, 0.2) is 23.4 Å². The molecular formula is C16H18N4O3S. The zero-order valence-electron chi connectivity index (χ0n) is 13.7. The highest BCUT2D eigenvalue weighted by atomic mass is 32.2. The Hall–Kier alpha value is -2.35. The van der Waals surface area contributed by atoms with E-state index in [-0.39, 0.29) is 30.0 Å². The van der Waals surface area contributed by atoms with E-state index in [0.29, 0.717) is 22.2 Å². The third-order valence-electron chi connectivity index (χ3n) is 3.73. The Morgan fingerprint density at radius 2 is 2.25 bits per heavy atom. The molecule has 0 spiro atoms. The van der Waals surface area contributed by atoms with Gasteiger partial charge in [-0.15, -0.1) is 5.10 Å². The minimum atomic E-state index is -0.136. The fourth-order valence-electron chi connectivity index (χ4n) is 2.24. The Balaban J connectivity index is 1.70. The first-order valence-electron chi connectivity index (χ1n) is 7.57. The molecule has 1 aliphatic heterocycles. The summed E-state index contributed by atoms with van der Waals surface area (Å²) in [5.41, 5.74) is 1.15. The summed E-state index contributed by atoms with van der Waals surface area (Å²) in [6, 6.07) is 5.12. The molecule has 0 saturated heterocycles. The molecule has 0 fully saturated rings. The summed E-state index contributed by atoms with van der Waals surface area (Å²) < 4.78 is 5.36. The van der Waals surface area contributed by atoms with Crippen molar-refractivity contribution in [2.24, 2.45) is 0 Å². The fourth-order valence-corrected chi connectivity index (χ4v) is 2.94. The van der Waals surface area contributed by atoms with Gasteiger partial charge in [0.25, 0.3) is 5.91 Å². The molecule has 1 N–H and O–H groups in total. The number of amides is 1. The summed E-state index contributed by atoms with van der Waals surface area (Å²) in [5, 5.41) is 7.52. The van der Waals surface area contributed by atoms with Gasteiger partial charge in [0.15, 0.2) is 12.4 Å². The summed E-state index contributed by atoms with van der Waals surface area (Å²) in [6.07, 6.45) is 0. The molecule has 2 heterocycles. The predicted molar refractivity (Wildman–Crippen MR) is 90.9 cm³/mol. The van der Waals surface area contributed by atoms with Crippen LogP contribution in [0.5, 0.6) is 5.75 Å². The van der Waals surface area contributed by atoms with Crippen LogP contribution in [0, 0.1) is 0 Å². The zero-order valence-corrected chi connectivity index (χ0v) is 14.5. The standard InChI is InChI=1S/C16H18N4O3S/c1-9(2)15-17-16(19-18-15)24-8-12(21)10-4-5-13-11(6-10)20(3)14(22)7-23-13/h4-6,9H,7-8H2,1-3H3,(H,17,18,19). The number of aromatic nitrogens is 3. The van der Waals surface area contributed by atoms with Crippen molar-refractivity contribution in [3.05, 3.63) is 29.6 Å². The largest absolute Gasteiger partial charge is 0.482 e. The number of Topliss-reactive ketones (excluding diaryl/α,β-unsaturated/α-hetero) is 1. The molecule has 126 valence electrons. The van der Waals surface area contributed by atoms with Crippen molar-refractivity contribution in [2.75, 3.05) is 24.3 Å². The van der Waals surface area contributed by atoms with Gasteiger partial charge in [-0.05, 0) is 18.2 Å². The lowest BCUT2D eigenvalue weighted by Crippen LogP contribution is -2.35. The number of ketones is 1. The first kappa shape index (κ1) is 16.5. The smallest absolute Gasteiger partial charge is 0.264 e. The van der Waals surface area contributed by atoms with E-state index >= 15 is 0 Å². The Kier molecular flexibility index (Phi) is 4.57. The number of aromatic amines is 1. The maximum Gasteiger partial charge on any atom is 0.264 e. The minimum absolute atomic E-state index is 0.0235. The van der Waals surface area contributed by atoms with Crippen LogP contribution in [0.25, 0.3) is 0 Å². The van der Waals surface area contributed by atoms with Crippen LogP contribution >= 0.6 is 11.8 Å². The highest BCUT2D eigenvalue weighted by Gasteiger charge is 2.23. The van der Waals surface area contributed by atoms with E-state index in [9.17, 15) is 9.59 Å². The van der Waals surface area contributed by atoms with Crippen LogP contribution in [0.4, 0.5) is 5.69 Å². The average Bonchev–Trinajstić information content (AvgIpc) is 3.05. The molecule has 0 bridgehead atoms. The molecule has 0 saturated carbocycles. The average molecular weight is 346 g/mol. The van der Waals surface area contributed by atoms with Crippen LogP contribution in [0.1, 0.15) is 35.9 Å². The number of rotatable bonds is 5. The lowest BCUT2D eigenvalue weighted by molar-refractivity contribution is -0.120. The molecular weight excluding hydrogens is 328 g/mol. The van der Waals surface area contributed by atoms with E-state index < -0.39 is 0 Å². The molecule has 3 rings (SSSR count). The van der Waals surface area contributed by atoms with Gasteiger partial charge in [-0.25, -0.2) is 4.98 Å². The zero-order chi connectivity index (χ0) is 17.3. The molecule has 7 nitrogen and oxygen atoms in total. The van der Waals surface area contributed by atoms with Gasteiger partial charge < -0.3 is 9.64 Å². The number of carbonyl (C=O) groups excluding carboxylic acids is 2. The number of fused-ring (bicyclic) bond motifs is 1. The molecule has 0 unspecified atom stereocenters. The molecule has 1 aromatic heterocycles. The van der Waals surface area contributed by atoms with Gasteiger partial charge in [-0.2, -0.15) is 0 Å². The molecule has 24 heavy (non-hydrogen) atoms. The molecule has 0 atom stereocenters. The second kappa shape index (κ2) is 6.64. The fraction of sp³-hybridized carbons (Fsp3) is 0.375. The molecule has 2 aromatic rings. The van der Waals surface area contributed by atoms with E-state index in [1.54, 1.807) is 25.2 Å². The summed E-state index contributed by atoms with van der Waals surface area (Å²) in [4.78, 5) is 29.9. The van der Waals surface area contributed by atoms with Gasteiger partial charge >= 0.3 is 0 Å². The lowest BCUT2D eigenvalue weighted by Gasteiger charge is -2.26. The molecule has 1 aliphatic rings. The number of anilines is 1. The minimum Gasteiger partial charge on any atom is -0.482 e. The van der Waals surface area contributed by atoms with Crippen molar-refractivity contribution < 1.29 is 14.3 Å². The van der Waals surface area contributed by atoms with Gasteiger partial charge in [-0.1, -0.05) is 25.6 Å². The van der Waals surface area contributed by atoms with Gasteiger partial charge in [0.05, 0.1) is 11.4 Å². The number of thioether (sulfide) groups is 1. The first-order valence-corrected chi connectivity index (χ1v) is 8.56. The highest BCUT2D eigenvalue weighted by molar-refractivity contribution is 7.99. The molecule has 1 amide bonds.